The van der Waals surface area contributed by atoms with E-state index in [-0.39, 0.29) is 5.54 Å². The smallest absolute Gasteiger partial charge is 0.0647 e. The Labute approximate surface area is 61.5 Å². The molecule has 0 saturated carbocycles. The Kier molecular flexibility index (Phi) is 2.65. The van der Waals surface area contributed by atoms with Crippen LogP contribution in [-0.2, 0) is 9.47 Å². The molecule has 1 rings (SSSR count). The third-order valence-electron chi connectivity index (χ3n) is 1.94. The summed E-state index contributed by atoms with van der Waals surface area (Å²) < 4.78 is 10.1. The van der Waals surface area contributed by atoms with Gasteiger partial charge in [0.15, 0.2) is 0 Å². The minimum atomic E-state index is -0.101. The van der Waals surface area contributed by atoms with E-state index < -0.39 is 0 Å². The van der Waals surface area contributed by atoms with Gasteiger partial charge < -0.3 is 15.2 Å². The van der Waals surface area contributed by atoms with E-state index in [1.54, 1.807) is 7.11 Å². The molecule has 10 heavy (non-hydrogen) atoms. The maximum atomic E-state index is 5.94. The Hall–Kier alpha value is -0.120. The summed E-state index contributed by atoms with van der Waals surface area (Å²) in [6.07, 6.45) is 1.87. The maximum absolute atomic E-state index is 5.94. The highest BCUT2D eigenvalue weighted by Crippen LogP contribution is 2.18. The fourth-order valence-corrected chi connectivity index (χ4v) is 1.13. The molecular formula is C7H15NO2. The van der Waals surface area contributed by atoms with Gasteiger partial charge in [-0.3, -0.25) is 0 Å². The first kappa shape index (κ1) is 7.98. The van der Waals surface area contributed by atoms with E-state index in [4.69, 9.17) is 15.2 Å². The van der Waals surface area contributed by atoms with Crippen LogP contribution in [0.2, 0.25) is 0 Å². The van der Waals surface area contributed by atoms with Crippen LogP contribution in [0.15, 0.2) is 0 Å². The second-order valence-electron chi connectivity index (χ2n) is 2.91. The molecule has 0 spiro atoms. The third-order valence-corrected chi connectivity index (χ3v) is 1.94. The highest BCUT2D eigenvalue weighted by atomic mass is 16.5. The molecule has 1 aliphatic heterocycles. The summed E-state index contributed by atoms with van der Waals surface area (Å²) in [6.45, 7) is 2.23. The lowest BCUT2D eigenvalue weighted by Crippen LogP contribution is -2.41. The molecule has 1 atom stereocenters. The first-order chi connectivity index (χ1) is 4.77. The SMILES string of the molecule is COCCC1(N)CCOC1. The predicted octanol–water partition coefficient (Wildman–Crippen LogP) is 0.141. The molecule has 0 aliphatic carbocycles. The van der Waals surface area contributed by atoms with Crippen molar-refractivity contribution in [2.75, 3.05) is 26.9 Å². The van der Waals surface area contributed by atoms with Crippen molar-refractivity contribution >= 4 is 0 Å². The molecular weight excluding hydrogens is 130 g/mol. The van der Waals surface area contributed by atoms with E-state index >= 15 is 0 Å². The number of nitrogens with two attached hydrogens (primary N) is 1. The van der Waals surface area contributed by atoms with Gasteiger partial charge in [0.05, 0.1) is 6.61 Å². The van der Waals surface area contributed by atoms with E-state index in [9.17, 15) is 0 Å². The third kappa shape index (κ3) is 1.94. The number of methoxy groups -OCH3 is 1. The lowest BCUT2D eigenvalue weighted by atomic mass is 9.97. The molecule has 2 N–H and O–H groups in total. The lowest BCUT2D eigenvalue weighted by Gasteiger charge is -2.20. The second-order valence-corrected chi connectivity index (χ2v) is 2.91. The van der Waals surface area contributed by atoms with Crippen LogP contribution in [-0.4, -0.2) is 32.5 Å². The topological polar surface area (TPSA) is 44.5 Å². The minimum Gasteiger partial charge on any atom is -0.385 e. The lowest BCUT2D eigenvalue weighted by molar-refractivity contribution is 0.143. The van der Waals surface area contributed by atoms with Crippen LogP contribution in [0.4, 0.5) is 0 Å². The maximum Gasteiger partial charge on any atom is 0.0647 e. The van der Waals surface area contributed by atoms with Crippen molar-refractivity contribution in [1.29, 1.82) is 0 Å². The molecule has 1 saturated heterocycles. The van der Waals surface area contributed by atoms with Crippen molar-refractivity contribution in [2.45, 2.75) is 18.4 Å². The summed E-state index contributed by atoms with van der Waals surface area (Å²) in [6, 6.07) is 0. The fraction of sp³-hybridized carbons (Fsp3) is 1.00. The van der Waals surface area contributed by atoms with Gasteiger partial charge in [0, 0.05) is 25.9 Å². The number of hydrogen-bond donors (Lipinski definition) is 1. The van der Waals surface area contributed by atoms with E-state index in [0.717, 1.165) is 26.1 Å². The number of rotatable bonds is 3. The standard InChI is InChI=1S/C7H15NO2/c1-9-4-2-7(8)3-5-10-6-7/h2-6,8H2,1H3. The molecule has 0 aromatic heterocycles. The highest BCUT2D eigenvalue weighted by molar-refractivity contribution is 4.87. The zero-order chi connectivity index (χ0) is 7.45. The fourth-order valence-electron chi connectivity index (χ4n) is 1.13. The van der Waals surface area contributed by atoms with E-state index in [0.29, 0.717) is 6.61 Å². The van der Waals surface area contributed by atoms with Crippen LogP contribution in [0.3, 0.4) is 0 Å². The van der Waals surface area contributed by atoms with Crippen molar-refractivity contribution in [3.63, 3.8) is 0 Å². The Morgan fingerprint density at radius 3 is 3.00 bits per heavy atom. The van der Waals surface area contributed by atoms with Gasteiger partial charge in [-0.1, -0.05) is 0 Å². The Balaban J connectivity index is 2.22. The van der Waals surface area contributed by atoms with Crippen molar-refractivity contribution in [3.05, 3.63) is 0 Å². The van der Waals surface area contributed by atoms with Crippen molar-refractivity contribution < 1.29 is 9.47 Å². The molecule has 1 unspecified atom stereocenters. The first-order valence-corrected chi connectivity index (χ1v) is 3.62. The van der Waals surface area contributed by atoms with Crippen LogP contribution >= 0.6 is 0 Å². The Bertz CT molecular complexity index is 99.8. The Morgan fingerprint density at radius 2 is 2.50 bits per heavy atom. The zero-order valence-corrected chi connectivity index (χ0v) is 6.43. The van der Waals surface area contributed by atoms with E-state index in [1.165, 1.54) is 0 Å². The van der Waals surface area contributed by atoms with Crippen LogP contribution in [0.1, 0.15) is 12.8 Å². The number of ether oxygens (including phenoxy) is 2. The van der Waals surface area contributed by atoms with E-state index in [2.05, 4.69) is 0 Å². The van der Waals surface area contributed by atoms with Crippen molar-refractivity contribution in [2.24, 2.45) is 5.73 Å². The van der Waals surface area contributed by atoms with Crippen LogP contribution in [0.5, 0.6) is 0 Å². The average Bonchev–Trinajstić information content (AvgIpc) is 2.33. The summed E-state index contributed by atoms with van der Waals surface area (Å²) >= 11 is 0. The first-order valence-electron chi connectivity index (χ1n) is 3.62. The number of hydrogen-bond acceptors (Lipinski definition) is 3. The van der Waals surface area contributed by atoms with Gasteiger partial charge in [0.1, 0.15) is 0 Å². The van der Waals surface area contributed by atoms with Crippen molar-refractivity contribution in [1.82, 2.24) is 0 Å². The normalized spacial score (nSPS) is 33.0. The van der Waals surface area contributed by atoms with Crippen LogP contribution < -0.4 is 5.73 Å². The Morgan fingerprint density at radius 1 is 1.70 bits per heavy atom. The molecule has 1 heterocycles. The van der Waals surface area contributed by atoms with Gasteiger partial charge >= 0.3 is 0 Å². The molecule has 3 heteroatoms. The quantitative estimate of drug-likeness (QED) is 0.614. The molecule has 0 aromatic carbocycles. The monoisotopic (exact) mass is 145 g/mol. The van der Waals surface area contributed by atoms with Gasteiger partial charge in [-0.2, -0.15) is 0 Å². The molecule has 0 bridgehead atoms. The second kappa shape index (κ2) is 3.32. The van der Waals surface area contributed by atoms with Gasteiger partial charge in [0.25, 0.3) is 0 Å². The van der Waals surface area contributed by atoms with Crippen molar-refractivity contribution in [3.8, 4) is 0 Å². The summed E-state index contributed by atoms with van der Waals surface area (Å²) in [4.78, 5) is 0. The van der Waals surface area contributed by atoms with Gasteiger partial charge in [-0.05, 0) is 12.8 Å². The minimum absolute atomic E-state index is 0.101. The molecule has 0 amide bonds. The summed E-state index contributed by atoms with van der Waals surface area (Å²) in [5.74, 6) is 0. The van der Waals surface area contributed by atoms with Gasteiger partial charge in [-0.25, -0.2) is 0 Å². The summed E-state index contributed by atoms with van der Waals surface area (Å²) in [5.41, 5.74) is 5.84. The van der Waals surface area contributed by atoms with Gasteiger partial charge in [0.2, 0.25) is 0 Å². The predicted molar refractivity (Wildman–Crippen MR) is 38.8 cm³/mol. The van der Waals surface area contributed by atoms with Crippen LogP contribution in [0, 0.1) is 0 Å². The van der Waals surface area contributed by atoms with E-state index in [1.807, 2.05) is 0 Å². The highest BCUT2D eigenvalue weighted by Gasteiger charge is 2.29. The molecule has 1 aliphatic rings. The molecule has 0 radical (unpaired) electrons. The summed E-state index contributed by atoms with van der Waals surface area (Å²) in [7, 11) is 1.69. The molecule has 0 aromatic rings. The molecule has 60 valence electrons. The molecule has 1 fully saturated rings. The van der Waals surface area contributed by atoms with Crippen LogP contribution in [0.25, 0.3) is 0 Å². The average molecular weight is 145 g/mol. The largest absolute Gasteiger partial charge is 0.385 e. The van der Waals surface area contributed by atoms with Gasteiger partial charge in [-0.15, -0.1) is 0 Å². The summed E-state index contributed by atoms with van der Waals surface area (Å²) in [5, 5.41) is 0. The molecule has 3 nitrogen and oxygen atoms in total. The zero-order valence-electron chi connectivity index (χ0n) is 6.43.